The van der Waals surface area contributed by atoms with Crippen LogP contribution >= 0.6 is 0 Å². The van der Waals surface area contributed by atoms with E-state index >= 15 is 0 Å². The number of methoxy groups -OCH3 is 1. The molecule has 1 aromatic carbocycles. The van der Waals surface area contributed by atoms with E-state index in [0.717, 1.165) is 13.2 Å². The van der Waals surface area contributed by atoms with Crippen molar-refractivity contribution >= 4 is 23.7 Å². The summed E-state index contributed by atoms with van der Waals surface area (Å²) < 4.78 is 23.5. The maximum absolute atomic E-state index is 13.9. The summed E-state index contributed by atoms with van der Waals surface area (Å²) in [7, 11) is 1.11. The number of hydrogen-bond acceptors (Lipinski definition) is 5. The molecule has 0 bridgehead atoms. The van der Waals surface area contributed by atoms with E-state index in [0.29, 0.717) is 0 Å². The minimum absolute atomic E-state index is 0.0405. The number of alkyl carbamates (subject to hydrolysis) is 1. The zero-order valence-corrected chi connectivity index (χ0v) is 14.9. The van der Waals surface area contributed by atoms with Crippen LogP contribution in [0.2, 0.25) is 0 Å². The zero-order valence-electron chi connectivity index (χ0n) is 14.9. The van der Waals surface area contributed by atoms with Crippen LogP contribution in [-0.2, 0) is 14.3 Å². The summed E-state index contributed by atoms with van der Waals surface area (Å²) in [6, 6.07) is 2.88. The van der Waals surface area contributed by atoms with Crippen LogP contribution < -0.4 is 10.6 Å². The van der Waals surface area contributed by atoms with Crippen molar-refractivity contribution in [3.8, 4) is 0 Å². The van der Waals surface area contributed by atoms with E-state index in [2.05, 4.69) is 15.4 Å². The fraction of sp³-hybridized carbons (Fsp3) is 0.471. The quantitative estimate of drug-likeness (QED) is 0.793. The fourth-order valence-electron chi connectivity index (χ4n) is 1.96. The maximum Gasteiger partial charge on any atom is 0.408 e. The Morgan fingerprint density at radius 2 is 1.88 bits per heavy atom. The number of amides is 2. The smallest absolute Gasteiger partial charge is 0.408 e. The van der Waals surface area contributed by atoms with Crippen molar-refractivity contribution < 1.29 is 28.2 Å². The molecule has 138 valence electrons. The molecule has 7 nitrogen and oxygen atoms in total. The van der Waals surface area contributed by atoms with Crippen LogP contribution in [0.25, 0.3) is 0 Å². The molecule has 0 heterocycles. The average Bonchev–Trinajstić information content (AvgIpc) is 2.50. The molecule has 1 aromatic rings. The highest BCUT2D eigenvalue weighted by atomic mass is 19.1. The number of carbonyl (C=O) groups is 3. The van der Waals surface area contributed by atoms with Crippen LogP contribution in [0.1, 0.15) is 44.5 Å². The molecule has 1 rings (SSSR count). The molecule has 0 aliphatic carbocycles. The van der Waals surface area contributed by atoms with E-state index in [1.165, 1.54) is 12.1 Å². The molecule has 0 fully saturated rings. The SMILES string of the molecule is CC[C@H](NC(=O)OC(C)(C)C)C(=O)Nc1cccc(F)c1C(=O)OC. The molecule has 0 radical (unpaired) electrons. The second kappa shape index (κ2) is 8.46. The molecule has 0 aliphatic heterocycles. The van der Waals surface area contributed by atoms with Gasteiger partial charge in [-0.15, -0.1) is 0 Å². The first kappa shape index (κ1) is 20.4. The van der Waals surface area contributed by atoms with Crippen LogP contribution in [0.4, 0.5) is 14.9 Å². The number of rotatable bonds is 5. The third-order valence-corrected chi connectivity index (χ3v) is 3.08. The second-order valence-corrected chi connectivity index (χ2v) is 6.25. The van der Waals surface area contributed by atoms with Gasteiger partial charge in [0.05, 0.1) is 12.8 Å². The van der Waals surface area contributed by atoms with Crippen molar-refractivity contribution in [2.24, 2.45) is 0 Å². The summed E-state index contributed by atoms with van der Waals surface area (Å²) in [6.07, 6.45) is -0.476. The highest BCUT2D eigenvalue weighted by Gasteiger charge is 2.25. The number of anilines is 1. The minimum Gasteiger partial charge on any atom is -0.465 e. The summed E-state index contributed by atoms with van der Waals surface area (Å²) in [5, 5.41) is 4.87. The third kappa shape index (κ3) is 6.06. The number of halogens is 1. The number of hydrogen-bond donors (Lipinski definition) is 2. The number of benzene rings is 1. The molecular formula is C17H23FN2O5. The van der Waals surface area contributed by atoms with E-state index in [4.69, 9.17) is 4.74 Å². The number of nitrogens with one attached hydrogen (secondary N) is 2. The van der Waals surface area contributed by atoms with Gasteiger partial charge in [-0.05, 0) is 39.3 Å². The highest BCUT2D eigenvalue weighted by molar-refractivity contribution is 6.03. The fourth-order valence-corrected chi connectivity index (χ4v) is 1.96. The number of carbonyl (C=O) groups excluding carboxylic acids is 3. The number of ether oxygens (including phenoxy) is 2. The molecule has 25 heavy (non-hydrogen) atoms. The van der Waals surface area contributed by atoms with Crippen molar-refractivity contribution in [1.82, 2.24) is 5.32 Å². The minimum atomic E-state index is -0.915. The molecular weight excluding hydrogens is 331 g/mol. The van der Waals surface area contributed by atoms with Gasteiger partial charge in [-0.2, -0.15) is 0 Å². The number of esters is 1. The summed E-state index contributed by atoms with van der Waals surface area (Å²) >= 11 is 0. The first-order chi connectivity index (χ1) is 11.6. The zero-order chi connectivity index (χ0) is 19.2. The van der Waals surface area contributed by atoms with Crippen LogP contribution in [0, 0.1) is 5.82 Å². The molecule has 0 spiro atoms. The van der Waals surface area contributed by atoms with E-state index in [-0.39, 0.29) is 17.7 Å². The van der Waals surface area contributed by atoms with Gasteiger partial charge in [0.15, 0.2) is 0 Å². The molecule has 0 saturated heterocycles. The largest absolute Gasteiger partial charge is 0.465 e. The van der Waals surface area contributed by atoms with Crippen LogP contribution in [0.5, 0.6) is 0 Å². The summed E-state index contributed by atoms with van der Waals surface area (Å²) in [6.45, 7) is 6.78. The van der Waals surface area contributed by atoms with Gasteiger partial charge in [-0.1, -0.05) is 13.0 Å². The predicted molar refractivity (Wildman–Crippen MR) is 89.8 cm³/mol. The lowest BCUT2D eigenvalue weighted by Gasteiger charge is -2.23. The molecule has 0 aliphatic rings. The lowest BCUT2D eigenvalue weighted by Crippen LogP contribution is -2.45. The standard InChI is InChI=1S/C17H23FN2O5/c1-6-11(20-16(23)25-17(2,3)4)14(21)19-12-9-7-8-10(18)13(12)15(22)24-5/h7-9,11H,6H2,1-5H3,(H,19,21)(H,20,23)/t11-/m0/s1. The Hall–Kier alpha value is -2.64. The summed E-state index contributed by atoms with van der Waals surface area (Å²) in [5.74, 6) is -2.34. The molecule has 1 atom stereocenters. The van der Waals surface area contributed by atoms with Gasteiger partial charge in [0.2, 0.25) is 5.91 Å². The van der Waals surface area contributed by atoms with Crippen molar-refractivity contribution in [3.63, 3.8) is 0 Å². The van der Waals surface area contributed by atoms with E-state index in [1.54, 1.807) is 27.7 Å². The lowest BCUT2D eigenvalue weighted by atomic mass is 10.1. The van der Waals surface area contributed by atoms with Gasteiger partial charge in [0.25, 0.3) is 0 Å². The van der Waals surface area contributed by atoms with Gasteiger partial charge < -0.3 is 20.1 Å². The first-order valence-corrected chi connectivity index (χ1v) is 7.76. The molecule has 2 amide bonds. The van der Waals surface area contributed by atoms with Crippen molar-refractivity contribution in [2.75, 3.05) is 12.4 Å². The summed E-state index contributed by atoms with van der Waals surface area (Å²) in [5.41, 5.74) is -1.13. The lowest BCUT2D eigenvalue weighted by molar-refractivity contribution is -0.118. The normalized spacial score (nSPS) is 12.1. The Bertz CT molecular complexity index is 655. The van der Waals surface area contributed by atoms with Crippen LogP contribution in [-0.4, -0.2) is 36.7 Å². The Balaban J connectivity index is 2.91. The summed E-state index contributed by atoms with van der Waals surface area (Å²) in [4.78, 5) is 35.9. The maximum atomic E-state index is 13.9. The molecule has 0 saturated carbocycles. The van der Waals surface area contributed by atoms with Gasteiger partial charge in [-0.3, -0.25) is 4.79 Å². The van der Waals surface area contributed by atoms with Gasteiger partial charge in [0.1, 0.15) is 23.0 Å². The van der Waals surface area contributed by atoms with E-state index in [9.17, 15) is 18.8 Å². The van der Waals surface area contributed by atoms with Crippen molar-refractivity contribution in [3.05, 3.63) is 29.6 Å². The average molecular weight is 354 g/mol. The topological polar surface area (TPSA) is 93.7 Å². The van der Waals surface area contributed by atoms with E-state index in [1.807, 2.05) is 0 Å². The molecule has 0 unspecified atom stereocenters. The van der Waals surface area contributed by atoms with Crippen molar-refractivity contribution in [1.29, 1.82) is 0 Å². The first-order valence-electron chi connectivity index (χ1n) is 7.76. The van der Waals surface area contributed by atoms with E-state index < -0.39 is 35.4 Å². The second-order valence-electron chi connectivity index (χ2n) is 6.25. The predicted octanol–water partition coefficient (Wildman–Crippen LogP) is 2.85. The van der Waals surface area contributed by atoms with Crippen LogP contribution in [0.15, 0.2) is 18.2 Å². The molecule has 0 aromatic heterocycles. The Morgan fingerprint density at radius 3 is 2.40 bits per heavy atom. The Labute approximate surface area is 145 Å². The van der Waals surface area contributed by atoms with Gasteiger partial charge in [-0.25, -0.2) is 14.0 Å². The third-order valence-electron chi connectivity index (χ3n) is 3.08. The Kier molecular flexibility index (Phi) is 6.90. The van der Waals surface area contributed by atoms with Gasteiger partial charge >= 0.3 is 12.1 Å². The molecule has 2 N–H and O–H groups in total. The molecule has 8 heteroatoms. The van der Waals surface area contributed by atoms with Crippen molar-refractivity contribution in [2.45, 2.75) is 45.8 Å². The van der Waals surface area contributed by atoms with Crippen LogP contribution in [0.3, 0.4) is 0 Å². The highest BCUT2D eigenvalue weighted by Crippen LogP contribution is 2.20. The van der Waals surface area contributed by atoms with Gasteiger partial charge in [0, 0.05) is 0 Å². The monoisotopic (exact) mass is 354 g/mol. The Morgan fingerprint density at radius 1 is 1.24 bits per heavy atom.